The lowest BCUT2D eigenvalue weighted by atomic mass is 9.82. The van der Waals surface area contributed by atoms with Crippen LogP contribution in [-0.4, -0.2) is 77.7 Å². The molecule has 2 aromatic carbocycles. The predicted molar refractivity (Wildman–Crippen MR) is 184 cm³/mol. The number of hydrogen-bond donors (Lipinski definition) is 0. The zero-order chi connectivity index (χ0) is 32.4. The summed E-state index contributed by atoms with van der Waals surface area (Å²) in [7, 11) is 2.89. The van der Waals surface area contributed by atoms with E-state index in [0.717, 1.165) is 43.6 Å². The van der Waals surface area contributed by atoms with E-state index in [2.05, 4.69) is 88.3 Å². The van der Waals surface area contributed by atoms with Gasteiger partial charge in [0.05, 0.1) is 12.6 Å². The van der Waals surface area contributed by atoms with Gasteiger partial charge in [-0.25, -0.2) is 4.79 Å². The number of carbonyl (C=O) groups is 2. The average molecular weight is 636 g/mol. The minimum absolute atomic E-state index is 0.0814. The molecule has 5 rings (SSSR count). The molecule has 0 N–H and O–H groups in total. The van der Waals surface area contributed by atoms with Crippen molar-refractivity contribution in [2.45, 2.75) is 91.3 Å². The molecular weight excluding hydrogens is 581 g/mol. The van der Waals surface area contributed by atoms with E-state index in [9.17, 15) is 9.59 Å². The Morgan fingerprint density at radius 2 is 1.56 bits per heavy atom. The van der Waals surface area contributed by atoms with Gasteiger partial charge in [0.25, 0.3) is 0 Å². The highest BCUT2D eigenvalue weighted by molar-refractivity contribution is 7.27. The number of piperidine rings is 1. The molecule has 3 aliphatic rings. The van der Waals surface area contributed by atoms with Crippen molar-refractivity contribution in [1.82, 2.24) is 14.7 Å². The molecule has 7 nitrogen and oxygen atoms in total. The SMILES string of the molecule is CC(C)(C)OC(=O)N1CCC(CC(=O)N2CCN(C(c3ccccc3)c3ccc(OCC4CC4)c(P)c3)CC2C(C)(C)C)CC1. The Morgan fingerprint density at radius 3 is 2.16 bits per heavy atom. The first-order valence-corrected chi connectivity index (χ1v) is 17.4. The lowest BCUT2D eigenvalue weighted by Crippen LogP contribution is -2.60. The molecule has 0 bridgehead atoms. The van der Waals surface area contributed by atoms with Crippen LogP contribution in [0.4, 0.5) is 4.79 Å². The van der Waals surface area contributed by atoms with Crippen LogP contribution in [0.15, 0.2) is 48.5 Å². The summed E-state index contributed by atoms with van der Waals surface area (Å²) >= 11 is 0. The van der Waals surface area contributed by atoms with Crippen LogP contribution in [0.5, 0.6) is 5.75 Å². The van der Waals surface area contributed by atoms with Gasteiger partial charge in [-0.2, -0.15) is 0 Å². The fraction of sp³-hybridized carbons (Fsp3) is 0.622. The van der Waals surface area contributed by atoms with Gasteiger partial charge in [0.1, 0.15) is 11.4 Å². The topological polar surface area (TPSA) is 62.3 Å². The van der Waals surface area contributed by atoms with Gasteiger partial charge in [-0.05, 0) is 87.0 Å². The molecule has 0 aromatic heterocycles. The standard InChI is InChI=1S/C37H54N3O4P/c1-36(2,3)32-24-39(20-21-40(32)33(41)22-26-16-18-38(19-17-26)35(42)44-37(4,5)6)34(28-10-8-7-9-11-28)29-14-15-30(31(45)23-29)43-25-27-12-13-27/h7-11,14-15,23,26-27,32,34H,12-13,16-22,24-25,45H2,1-6H3. The lowest BCUT2D eigenvalue weighted by Gasteiger charge is -2.50. The summed E-state index contributed by atoms with van der Waals surface area (Å²) in [5.41, 5.74) is 1.92. The van der Waals surface area contributed by atoms with E-state index in [1.807, 2.05) is 20.8 Å². The molecule has 3 fully saturated rings. The number of carbonyl (C=O) groups excluding carboxylic acids is 2. The molecule has 2 saturated heterocycles. The largest absolute Gasteiger partial charge is 0.493 e. The van der Waals surface area contributed by atoms with Crippen LogP contribution in [0.25, 0.3) is 0 Å². The van der Waals surface area contributed by atoms with E-state index in [1.165, 1.54) is 24.0 Å². The molecule has 45 heavy (non-hydrogen) atoms. The smallest absolute Gasteiger partial charge is 0.410 e. The summed E-state index contributed by atoms with van der Waals surface area (Å²) in [6.45, 7) is 16.9. The third-order valence-corrected chi connectivity index (χ3v) is 9.91. The van der Waals surface area contributed by atoms with Crippen molar-refractivity contribution in [2.75, 3.05) is 39.3 Å². The number of amides is 2. The molecule has 0 radical (unpaired) electrons. The molecule has 2 aliphatic heterocycles. The highest BCUT2D eigenvalue weighted by Crippen LogP contribution is 2.37. The van der Waals surface area contributed by atoms with Crippen molar-refractivity contribution < 1.29 is 19.1 Å². The quantitative estimate of drug-likeness (QED) is 0.304. The minimum atomic E-state index is -0.501. The second-order valence-corrected chi connectivity index (χ2v) is 16.1. The van der Waals surface area contributed by atoms with E-state index in [4.69, 9.17) is 9.47 Å². The van der Waals surface area contributed by atoms with E-state index in [0.29, 0.717) is 32.0 Å². The molecule has 2 heterocycles. The Morgan fingerprint density at radius 1 is 0.867 bits per heavy atom. The van der Waals surface area contributed by atoms with Gasteiger partial charge < -0.3 is 19.3 Å². The van der Waals surface area contributed by atoms with Crippen LogP contribution in [0, 0.1) is 17.3 Å². The molecule has 3 atom stereocenters. The molecule has 246 valence electrons. The second kappa shape index (κ2) is 14.0. The molecule has 0 spiro atoms. The number of piperazine rings is 1. The van der Waals surface area contributed by atoms with Gasteiger partial charge in [0.2, 0.25) is 5.91 Å². The summed E-state index contributed by atoms with van der Waals surface area (Å²) in [6.07, 6.45) is 4.50. The Bertz CT molecular complexity index is 1310. The maximum Gasteiger partial charge on any atom is 0.410 e. The van der Waals surface area contributed by atoms with Gasteiger partial charge >= 0.3 is 6.09 Å². The molecule has 8 heteroatoms. The molecule has 3 unspecified atom stereocenters. The Hall–Kier alpha value is -2.63. The minimum Gasteiger partial charge on any atom is -0.493 e. The maximum absolute atomic E-state index is 13.9. The summed E-state index contributed by atoms with van der Waals surface area (Å²) in [5, 5.41) is 1.09. The van der Waals surface area contributed by atoms with Crippen molar-refractivity contribution in [2.24, 2.45) is 17.3 Å². The highest BCUT2D eigenvalue weighted by Gasteiger charge is 2.41. The molecule has 1 aliphatic carbocycles. The number of benzene rings is 2. The van der Waals surface area contributed by atoms with Gasteiger partial charge in [0, 0.05) is 50.5 Å². The monoisotopic (exact) mass is 635 g/mol. The number of nitrogens with zero attached hydrogens (tertiary/aromatic N) is 3. The third-order valence-electron chi connectivity index (χ3n) is 9.46. The average Bonchev–Trinajstić information content (AvgIpc) is 3.81. The van der Waals surface area contributed by atoms with Crippen LogP contribution < -0.4 is 10.0 Å². The van der Waals surface area contributed by atoms with Crippen LogP contribution in [0.1, 0.15) is 90.8 Å². The predicted octanol–water partition coefficient (Wildman–Crippen LogP) is 6.66. The first-order chi connectivity index (χ1) is 21.3. The van der Waals surface area contributed by atoms with Crippen molar-refractivity contribution in [3.8, 4) is 5.75 Å². The van der Waals surface area contributed by atoms with Gasteiger partial charge in [-0.15, -0.1) is 9.24 Å². The van der Waals surface area contributed by atoms with Gasteiger partial charge in [0.15, 0.2) is 0 Å². The maximum atomic E-state index is 13.9. The number of ether oxygens (including phenoxy) is 2. The van der Waals surface area contributed by atoms with Gasteiger partial charge in [-0.1, -0.05) is 57.2 Å². The first-order valence-electron chi connectivity index (χ1n) is 16.9. The molecule has 2 amide bonds. The Kier molecular flexibility index (Phi) is 10.5. The van der Waals surface area contributed by atoms with E-state index < -0.39 is 5.60 Å². The van der Waals surface area contributed by atoms with Crippen molar-refractivity contribution in [3.63, 3.8) is 0 Å². The highest BCUT2D eigenvalue weighted by atomic mass is 31.0. The van der Waals surface area contributed by atoms with E-state index in [-0.39, 0.29) is 35.4 Å². The van der Waals surface area contributed by atoms with Crippen LogP contribution >= 0.6 is 9.24 Å². The van der Waals surface area contributed by atoms with Crippen molar-refractivity contribution in [3.05, 3.63) is 59.7 Å². The van der Waals surface area contributed by atoms with Crippen LogP contribution in [0.3, 0.4) is 0 Å². The van der Waals surface area contributed by atoms with Crippen LogP contribution in [-0.2, 0) is 9.53 Å². The number of hydrogen-bond acceptors (Lipinski definition) is 5. The van der Waals surface area contributed by atoms with Crippen molar-refractivity contribution in [1.29, 1.82) is 0 Å². The third kappa shape index (κ3) is 9.01. The summed E-state index contributed by atoms with van der Waals surface area (Å²) in [5.74, 6) is 2.19. The summed E-state index contributed by atoms with van der Waals surface area (Å²) in [4.78, 5) is 33.0. The fourth-order valence-electron chi connectivity index (χ4n) is 6.70. The van der Waals surface area contributed by atoms with Crippen molar-refractivity contribution >= 4 is 26.5 Å². The van der Waals surface area contributed by atoms with E-state index >= 15 is 0 Å². The van der Waals surface area contributed by atoms with E-state index in [1.54, 1.807) is 4.90 Å². The normalized spacial score (nSPS) is 21.0. The fourth-order valence-corrected chi connectivity index (χ4v) is 7.07. The second-order valence-electron chi connectivity index (χ2n) is 15.4. The molecule has 2 aromatic rings. The van der Waals surface area contributed by atoms with Crippen LogP contribution in [0.2, 0.25) is 0 Å². The first kappa shape index (κ1) is 33.7. The Balaban J connectivity index is 1.28. The Labute approximate surface area is 273 Å². The molecular formula is C37H54N3O4P. The zero-order valence-electron chi connectivity index (χ0n) is 28.3. The van der Waals surface area contributed by atoms with Gasteiger partial charge in [-0.3, -0.25) is 9.69 Å². The zero-order valence-corrected chi connectivity index (χ0v) is 29.4. The number of rotatable bonds is 8. The summed E-state index contributed by atoms with van der Waals surface area (Å²) < 4.78 is 11.7. The molecule has 1 saturated carbocycles. The summed E-state index contributed by atoms with van der Waals surface area (Å²) in [6, 6.07) is 17.5. The number of likely N-dealkylation sites (tertiary alicyclic amines) is 1. The lowest BCUT2D eigenvalue weighted by molar-refractivity contribution is -0.141.